The van der Waals surface area contributed by atoms with Crippen LogP contribution >= 0.6 is 11.8 Å². The number of aliphatic imine (C=N–C) groups is 1. The van der Waals surface area contributed by atoms with Crippen LogP contribution in [-0.2, 0) is 0 Å². The van der Waals surface area contributed by atoms with Crippen molar-refractivity contribution in [2.45, 2.75) is 32.4 Å². The van der Waals surface area contributed by atoms with Gasteiger partial charge in [0.05, 0.1) is 6.54 Å². The lowest BCUT2D eigenvalue weighted by Crippen LogP contribution is -2.28. The van der Waals surface area contributed by atoms with E-state index in [0.29, 0.717) is 5.25 Å². The minimum absolute atomic E-state index is 0.662. The Morgan fingerprint density at radius 3 is 2.73 bits per heavy atom. The van der Waals surface area contributed by atoms with Gasteiger partial charge < -0.3 is 10.2 Å². The van der Waals surface area contributed by atoms with Crippen LogP contribution in [0.5, 0.6) is 0 Å². The fraction of sp³-hybridized carbons (Fsp3) is 0.909. The minimum atomic E-state index is 0.662. The van der Waals surface area contributed by atoms with E-state index in [2.05, 4.69) is 36.0 Å². The van der Waals surface area contributed by atoms with E-state index in [4.69, 9.17) is 0 Å². The third-order valence-corrected chi connectivity index (χ3v) is 3.67. The summed E-state index contributed by atoms with van der Waals surface area (Å²) in [6.07, 6.45) is 1.20. The zero-order valence-electron chi connectivity index (χ0n) is 10.1. The molecule has 0 saturated heterocycles. The van der Waals surface area contributed by atoms with Gasteiger partial charge >= 0.3 is 0 Å². The van der Waals surface area contributed by atoms with Crippen LogP contribution in [0.25, 0.3) is 0 Å². The number of nitrogens with one attached hydrogen (secondary N) is 1. The van der Waals surface area contributed by atoms with Crippen molar-refractivity contribution in [1.29, 1.82) is 0 Å². The highest BCUT2D eigenvalue weighted by Crippen LogP contribution is 2.18. The Hall–Kier alpha value is -0.220. The molecule has 0 aromatic carbocycles. The van der Waals surface area contributed by atoms with Gasteiger partial charge in [0, 0.05) is 11.8 Å². The zero-order valence-corrected chi connectivity index (χ0v) is 10.9. The molecule has 1 heterocycles. The number of thioether (sulfide) groups is 1. The molecule has 15 heavy (non-hydrogen) atoms. The normalized spacial score (nSPS) is 20.8. The molecule has 1 aliphatic rings. The van der Waals surface area contributed by atoms with Gasteiger partial charge in [-0.3, -0.25) is 4.99 Å². The Morgan fingerprint density at radius 2 is 2.20 bits per heavy atom. The molecule has 0 bridgehead atoms. The Kier molecular flexibility index (Phi) is 6.10. The van der Waals surface area contributed by atoms with Crippen molar-refractivity contribution in [2.75, 3.05) is 32.7 Å². The first-order chi connectivity index (χ1) is 7.26. The smallest absolute Gasteiger partial charge is 0.156 e. The second kappa shape index (κ2) is 7.12. The average molecular weight is 229 g/mol. The molecule has 3 nitrogen and oxygen atoms in total. The third kappa shape index (κ3) is 4.89. The largest absolute Gasteiger partial charge is 0.365 e. The van der Waals surface area contributed by atoms with Crippen LogP contribution < -0.4 is 5.32 Å². The predicted molar refractivity (Wildman–Crippen MR) is 69.8 cm³/mol. The molecule has 1 N–H and O–H groups in total. The fourth-order valence-electron chi connectivity index (χ4n) is 1.61. The summed E-state index contributed by atoms with van der Waals surface area (Å²) in [6.45, 7) is 12.2. The van der Waals surface area contributed by atoms with Crippen molar-refractivity contribution in [3.8, 4) is 0 Å². The summed E-state index contributed by atoms with van der Waals surface area (Å²) in [5, 5.41) is 5.20. The van der Waals surface area contributed by atoms with Crippen molar-refractivity contribution >= 4 is 16.9 Å². The third-order valence-electron chi connectivity index (χ3n) is 2.63. The number of hydrogen-bond donors (Lipinski definition) is 1. The van der Waals surface area contributed by atoms with E-state index >= 15 is 0 Å². The highest BCUT2D eigenvalue weighted by molar-refractivity contribution is 8.14. The first-order valence-electron chi connectivity index (χ1n) is 5.93. The monoisotopic (exact) mass is 229 g/mol. The molecule has 88 valence electrons. The molecule has 0 aliphatic carbocycles. The van der Waals surface area contributed by atoms with E-state index in [1.165, 1.54) is 13.0 Å². The maximum absolute atomic E-state index is 4.43. The van der Waals surface area contributed by atoms with E-state index in [1.807, 2.05) is 11.8 Å². The quantitative estimate of drug-likeness (QED) is 0.704. The molecular formula is C11H23N3S. The van der Waals surface area contributed by atoms with Gasteiger partial charge in [0.25, 0.3) is 0 Å². The van der Waals surface area contributed by atoms with Gasteiger partial charge in [-0.1, -0.05) is 32.5 Å². The van der Waals surface area contributed by atoms with Gasteiger partial charge in [-0.2, -0.15) is 0 Å². The van der Waals surface area contributed by atoms with E-state index in [0.717, 1.165) is 31.3 Å². The lowest BCUT2D eigenvalue weighted by molar-refractivity contribution is 0.300. The number of hydrogen-bond acceptors (Lipinski definition) is 4. The van der Waals surface area contributed by atoms with Crippen LogP contribution in [0.2, 0.25) is 0 Å². The van der Waals surface area contributed by atoms with Crippen LogP contribution in [-0.4, -0.2) is 48.0 Å². The van der Waals surface area contributed by atoms with Crippen molar-refractivity contribution < 1.29 is 0 Å². The topological polar surface area (TPSA) is 27.6 Å². The van der Waals surface area contributed by atoms with E-state index < -0.39 is 0 Å². The molecule has 0 radical (unpaired) electrons. The van der Waals surface area contributed by atoms with Gasteiger partial charge in [0.15, 0.2) is 5.17 Å². The minimum Gasteiger partial charge on any atom is -0.365 e. The van der Waals surface area contributed by atoms with E-state index in [-0.39, 0.29) is 0 Å². The number of rotatable bonds is 6. The maximum atomic E-state index is 4.43. The molecule has 1 aliphatic heterocycles. The lowest BCUT2D eigenvalue weighted by atomic mass is 10.3. The fourth-order valence-corrected chi connectivity index (χ4v) is 2.48. The van der Waals surface area contributed by atoms with Gasteiger partial charge in [0.2, 0.25) is 0 Å². The summed E-state index contributed by atoms with van der Waals surface area (Å²) < 4.78 is 0. The second-order valence-electron chi connectivity index (χ2n) is 3.88. The molecule has 0 amide bonds. The molecule has 1 atom stereocenters. The van der Waals surface area contributed by atoms with Crippen LogP contribution in [0.1, 0.15) is 27.2 Å². The summed E-state index contributed by atoms with van der Waals surface area (Å²) in [7, 11) is 0. The average Bonchev–Trinajstić information content (AvgIpc) is 2.65. The summed E-state index contributed by atoms with van der Waals surface area (Å²) in [5.41, 5.74) is 0. The molecule has 4 heteroatoms. The molecule has 0 aromatic heterocycles. The Labute approximate surface area is 97.7 Å². The molecule has 0 spiro atoms. The molecule has 1 unspecified atom stereocenters. The van der Waals surface area contributed by atoms with E-state index in [1.54, 1.807) is 0 Å². The van der Waals surface area contributed by atoms with Crippen LogP contribution in [0.4, 0.5) is 0 Å². The van der Waals surface area contributed by atoms with Crippen LogP contribution in [0.3, 0.4) is 0 Å². The molecule has 0 aromatic rings. The summed E-state index contributed by atoms with van der Waals surface area (Å²) in [6, 6.07) is 0. The Bertz CT molecular complexity index is 202. The molecule has 0 saturated carbocycles. The van der Waals surface area contributed by atoms with Crippen LogP contribution in [0.15, 0.2) is 4.99 Å². The van der Waals surface area contributed by atoms with Crippen molar-refractivity contribution in [2.24, 2.45) is 4.99 Å². The highest BCUT2D eigenvalue weighted by atomic mass is 32.2. The van der Waals surface area contributed by atoms with Gasteiger partial charge in [-0.15, -0.1) is 0 Å². The SMILES string of the molecule is CCN(CC)CCCNC1=NCC(C)S1. The Morgan fingerprint density at radius 1 is 1.47 bits per heavy atom. The second-order valence-corrected chi connectivity index (χ2v) is 5.31. The lowest BCUT2D eigenvalue weighted by Gasteiger charge is -2.17. The maximum Gasteiger partial charge on any atom is 0.156 e. The Balaban J connectivity index is 2.02. The number of amidine groups is 1. The van der Waals surface area contributed by atoms with Gasteiger partial charge in [0.1, 0.15) is 0 Å². The van der Waals surface area contributed by atoms with E-state index in [9.17, 15) is 0 Å². The summed E-state index contributed by atoms with van der Waals surface area (Å²) in [5.74, 6) is 0. The van der Waals surface area contributed by atoms with Gasteiger partial charge in [-0.25, -0.2) is 0 Å². The van der Waals surface area contributed by atoms with Crippen molar-refractivity contribution in [3.05, 3.63) is 0 Å². The highest BCUT2D eigenvalue weighted by Gasteiger charge is 2.13. The predicted octanol–water partition coefficient (Wildman–Crippen LogP) is 1.80. The number of nitrogens with zero attached hydrogens (tertiary/aromatic N) is 2. The van der Waals surface area contributed by atoms with Crippen molar-refractivity contribution in [1.82, 2.24) is 10.2 Å². The first kappa shape index (κ1) is 12.8. The molecule has 0 fully saturated rings. The summed E-state index contributed by atoms with van der Waals surface area (Å²) in [4.78, 5) is 6.88. The standard InChI is InChI=1S/C11H23N3S/c1-4-14(5-2)8-6-7-12-11-13-9-10(3)15-11/h10H,4-9H2,1-3H3,(H,12,13). The zero-order chi connectivity index (χ0) is 11.1. The van der Waals surface area contributed by atoms with Crippen molar-refractivity contribution in [3.63, 3.8) is 0 Å². The first-order valence-corrected chi connectivity index (χ1v) is 6.81. The van der Waals surface area contributed by atoms with Crippen LogP contribution in [0, 0.1) is 0 Å². The molecular weight excluding hydrogens is 206 g/mol. The molecule has 1 rings (SSSR count). The summed E-state index contributed by atoms with van der Waals surface area (Å²) >= 11 is 1.86. The van der Waals surface area contributed by atoms with Gasteiger partial charge in [-0.05, 0) is 26.1 Å².